The monoisotopic (exact) mass is 376 g/mol. The number of likely N-dealkylation sites (tertiary alicyclic amines) is 1. The average Bonchev–Trinajstić information content (AvgIpc) is 2.75. The van der Waals surface area contributed by atoms with Crippen LogP contribution in [0.25, 0.3) is 10.9 Å². The van der Waals surface area contributed by atoms with Crippen LogP contribution in [-0.2, 0) is 0 Å². The van der Waals surface area contributed by atoms with Crippen LogP contribution in [0.5, 0.6) is 11.5 Å². The number of carbonyl (C=O) groups is 1. The third kappa shape index (κ3) is 3.93. The van der Waals surface area contributed by atoms with Crippen molar-refractivity contribution >= 4 is 16.8 Å². The van der Waals surface area contributed by atoms with Gasteiger partial charge in [0.2, 0.25) is 0 Å². The summed E-state index contributed by atoms with van der Waals surface area (Å²) in [7, 11) is 0. The second kappa shape index (κ2) is 8.30. The van der Waals surface area contributed by atoms with Gasteiger partial charge in [0.05, 0.1) is 6.61 Å². The second-order valence-electron chi connectivity index (χ2n) is 6.90. The zero-order valence-corrected chi connectivity index (χ0v) is 16.0. The van der Waals surface area contributed by atoms with Crippen molar-refractivity contribution in [3.8, 4) is 11.5 Å². The summed E-state index contributed by atoms with van der Waals surface area (Å²) >= 11 is 0. The molecule has 1 amide bonds. The Morgan fingerprint density at radius 3 is 2.57 bits per heavy atom. The summed E-state index contributed by atoms with van der Waals surface area (Å²) in [5.74, 6) is 1.66. The number of benzene rings is 2. The normalized spacial score (nSPS) is 14.8. The van der Waals surface area contributed by atoms with Crippen LogP contribution in [0.15, 0.2) is 60.8 Å². The van der Waals surface area contributed by atoms with Crippen molar-refractivity contribution in [2.75, 3.05) is 19.7 Å². The molecule has 1 fully saturated rings. The topological polar surface area (TPSA) is 51.7 Å². The van der Waals surface area contributed by atoms with E-state index < -0.39 is 0 Å². The van der Waals surface area contributed by atoms with E-state index in [2.05, 4.69) is 4.98 Å². The van der Waals surface area contributed by atoms with E-state index in [0.717, 1.165) is 35.2 Å². The minimum absolute atomic E-state index is 0.0633. The van der Waals surface area contributed by atoms with Gasteiger partial charge in [-0.05, 0) is 43.3 Å². The number of hydrogen-bond donors (Lipinski definition) is 0. The van der Waals surface area contributed by atoms with Gasteiger partial charge in [-0.15, -0.1) is 0 Å². The van der Waals surface area contributed by atoms with Crippen LogP contribution in [0.3, 0.4) is 0 Å². The first-order valence-corrected chi connectivity index (χ1v) is 9.77. The highest BCUT2D eigenvalue weighted by molar-refractivity contribution is 5.94. The molecule has 0 atom stereocenters. The Hall–Kier alpha value is -3.08. The number of amides is 1. The van der Waals surface area contributed by atoms with Crippen LogP contribution >= 0.6 is 0 Å². The summed E-state index contributed by atoms with van der Waals surface area (Å²) < 4.78 is 11.7. The number of nitrogens with zero attached hydrogens (tertiary/aromatic N) is 2. The summed E-state index contributed by atoms with van der Waals surface area (Å²) in [5, 5.41) is 1.07. The smallest absolute Gasteiger partial charge is 0.253 e. The Morgan fingerprint density at radius 1 is 1.07 bits per heavy atom. The van der Waals surface area contributed by atoms with Crippen molar-refractivity contribution in [3.05, 3.63) is 66.4 Å². The molecule has 2 aromatic carbocycles. The van der Waals surface area contributed by atoms with Gasteiger partial charge in [-0.25, -0.2) is 0 Å². The maximum absolute atomic E-state index is 12.7. The molecule has 4 rings (SSSR count). The summed E-state index contributed by atoms with van der Waals surface area (Å²) in [6, 6.07) is 17.3. The Morgan fingerprint density at radius 2 is 1.82 bits per heavy atom. The van der Waals surface area contributed by atoms with Gasteiger partial charge in [-0.1, -0.05) is 18.2 Å². The number of aromatic nitrogens is 1. The van der Waals surface area contributed by atoms with E-state index in [-0.39, 0.29) is 12.0 Å². The molecule has 1 aliphatic rings. The molecule has 5 nitrogen and oxygen atoms in total. The van der Waals surface area contributed by atoms with Crippen LogP contribution < -0.4 is 9.47 Å². The van der Waals surface area contributed by atoms with E-state index in [1.807, 2.05) is 66.4 Å². The van der Waals surface area contributed by atoms with Crippen molar-refractivity contribution in [2.45, 2.75) is 25.9 Å². The molecule has 0 spiro atoms. The zero-order valence-electron chi connectivity index (χ0n) is 16.0. The van der Waals surface area contributed by atoms with Crippen molar-refractivity contribution in [1.29, 1.82) is 0 Å². The van der Waals surface area contributed by atoms with Gasteiger partial charge in [0.1, 0.15) is 23.1 Å². The highest BCUT2D eigenvalue weighted by atomic mass is 16.5. The molecule has 3 aromatic rings. The Labute approximate surface area is 164 Å². The molecule has 1 aromatic heterocycles. The summed E-state index contributed by atoms with van der Waals surface area (Å²) in [6.45, 7) is 3.94. The maximum atomic E-state index is 12.7. The molecule has 0 aliphatic carbocycles. The Balaban J connectivity index is 1.37. The van der Waals surface area contributed by atoms with E-state index >= 15 is 0 Å². The van der Waals surface area contributed by atoms with Gasteiger partial charge in [0, 0.05) is 43.1 Å². The maximum Gasteiger partial charge on any atom is 0.253 e. The Bertz CT molecular complexity index is 942. The van der Waals surface area contributed by atoms with Crippen LogP contribution in [0.2, 0.25) is 0 Å². The number of ether oxygens (including phenoxy) is 2. The number of hydrogen-bond acceptors (Lipinski definition) is 4. The van der Waals surface area contributed by atoms with Gasteiger partial charge in [0.15, 0.2) is 0 Å². The van der Waals surface area contributed by atoms with E-state index in [9.17, 15) is 4.79 Å². The second-order valence-corrected chi connectivity index (χ2v) is 6.90. The predicted molar refractivity (Wildman–Crippen MR) is 109 cm³/mol. The summed E-state index contributed by atoms with van der Waals surface area (Å²) in [4.78, 5) is 19.1. The molecule has 28 heavy (non-hydrogen) atoms. The SMILES string of the molecule is CCOc1ccc(C(=O)N2CCC(Oc3cccc4cccnc34)CC2)cc1. The fraction of sp³-hybridized carbons (Fsp3) is 0.304. The van der Waals surface area contributed by atoms with Crippen molar-refractivity contribution in [2.24, 2.45) is 0 Å². The lowest BCUT2D eigenvalue weighted by Gasteiger charge is -2.32. The molecule has 5 heteroatoms. The summed E-state index contributed by atoms with van der Waals surface area (Å²) in [6.07, 6.45) is 3.50. The molecule has 0 radical (unpaired) electrons. The van der Waals surface area contributed by atoms with Crippen molar-refractivity contribution in [3.63, 3.8) is 0 Å². The number of fused-ring (bicyclic) bond motifs is 1. The molecule has 0 N–H and O–H groups in total. The summed E-state index contributed by atoms with van der Waals surface area (Å²) in [5.41, 5.74) is 1.58. The molecular formula is C23H24N2O3. The van der Waals surface area contributed by atoms with Gasteiger partial charge in [-0.2, -0.15) is 0 Å². The quantitative estimate of drug-likeness (QED) is 0.666. The number of rotatable bonds is 5. The molecular weight excluding hydrogens is 352 g/mol. The van der Waals surface area contributed by atoms with Crippen LogP contribution in [0.1, 0.15) is 30.1 Å². The predicted octanol–water partition coefficient (Wildman–Crippen LogP) is 4.32. The first kappa shape index (κ1) is 18.3. The Kier molecular flexibility index (Phi) is 5.42. The van der Waals surface area contributed by atoms with E-state index in [0.29, 0.717) is 25.3 Å². The lowest BCUT2D eigenvalue weighted by atomic mass is 10.1. The van der Waals surface area contributed by atoms with E-state index in [4.69, 9.17) is 9.47 Å². The highest BCUT2D eigenvalue weighted by Crippen LogP contribution is 2.27. The lowest BCUT2D eigenvalue weighted by Crippen LogP contribution is -2.41. The lowest BCUT2D eigenvalue weighted by molar-refractivity contribution is 0.0597. The number of carbonyl (C=O) groups excluding carboxylic acids is 1. The van der Waals surface area contributed by atoms with E-state index in [1.165, 1.54) is 0 Å². The largest absolute Gasteiger partial charge is 0.494 e. The first-order valence-electron chi connectivity index (χ1n) is 9.77. The number of para-hydroxylation sites is 1. The van der Waals surface area contributed by atoms with E-state index in [1.54, 1.807) is 6.20 Å². The third-order valence-electron chi connectivity index (χ3n) is 5.03. The molecule has 2 heterocycles. The van der Waals surface area contributed by atoms with Crippen molar-refractivity contribution < 1.29 is 14.3 Å². The minimum atomic E-state index is 0.0633. The number of pyridine rings is 1. The van der Waals surface area contributed by atoms with Crippen LogP contribution in [0.4, 0.5) is 0 Å². The minimum Gasteiger partial charge on any atom is -0.494 e. The van der Waals surface area contributed by atoms with Crippen LogP contribution in [-0.4, -0.2) is 41.6 Å². The molecule has 0 bridgehead atoms. The molecule has 1 saturated heterocycles. The molecule has 0 saturated carbocycles. The fourth-order valence-electron chi connectivity index (χ4n) is 3.57. The van der Waals surface area contributed by atoms with Gasteiger partial charge >= 0.3 is 0 Å². The van der Waals surface area contributed by atoms with Gasteiger partial charge in [-0.3, -0.25) is 9.78 Å². The van der Waals surface area contributed by atoms with Gasteiger partial charge in [0.25, 0.3) is 5.91 Å². The average molecular weight is 376 g/mol. The molecule has 1 aliphatic heterocycles. The highest BCUT2D eigenvalue weighted by Gasteiger charge is 2.25. The molecule has 0 unspecified atom stereocenters. The standard InChI is InChI=1S/C23H24N2O3/c1-2-27-19-10-8-18(9-11-19)23(26)25-15-12-20(13-16-25)28-21-7-3-5-17-6-4-14-24-22(17)21/h3-11,14,20H,2,12-13,15-16H2,1H3. The third-order valence-corrected chi connectivity index (χ3v) is 5.03. The zero-order chi connectivity index (χ0) is 19.3. The fourth-order valence-corrected chi connectivity index (χ4v) is 3.57. The first-order chi connectivity index (χ1) is 13.7. The van der Waals surface area contributed by atoms with Crippen LogP contribution in [0, 0.1) is 0 Å². The van der Waals surface area contributed by atoms with Crippen molar-refractivity contribution in [1.82, 2.24) is 9.88 Å². The molecule has 144 valence electrons. The number of piperidine rings is 1. The van der Waals surface area contributed by atoms with Gasteiger partial charge < -0.3 is 14.4 Å².